The molecule has 2 aliphatic rings. The van der Waals surface area contributed by atoms with Crippen molar-refractivity contribution in [3.8, 4) is 17.2 Å². The quantitative estimate of drug-likeness (QED) is 0.332. The lowest BCUT2D eigenvalue weighted by Crippen LogP contribution is -2.35. The predicted octanol–water partition coefficient (Wildman–Crippen LogP) is 5.13. The van der Waals surface area contributed by atoms with Gasteiger partial charge in [-0.3, -0.25) is 10.2 Å². The Hall–Kier alpha value is -4.37. The van der Waals surface area contributed by atoms with Crippen LogP contribution in [0.2, 0.25) is 0 Å². The van der Waals surface area contributed by atoms with E-state index in [9.17, 15) is 4.79 Å². The lowest BCUT2D eigenvalue weighted by molar-refractivity contribution is -0.114. The second-order valence-corrected chi connectivity index (χ2v) is 9.14. The Morgan fingerprint density at radius 2 is 1.68 bits per heavy atom. The summed E-state index contributed by atoms with van der Waals surface area (Å²) in [4.78, 5) is 16.9. The number of carbonyl (C=O) groups is 1. The molecule has 0 fully saturated rings. The van der Waals surface area contributed by atoms with Gasteiger partial charge in [0.2, 0.25) is 5.17 Å². The van der Waals surface area contributed by atoms with Gasteiger partial charge in [0.15, 0.2) is 5.84 Å². The van der Waals surface area contributed by atoms with Crippen LogP contribution in [0.1, 0.15) is 16.7 Å². The Morgan fingerprint density at radius 1 is 0.946 bits per heavy atom. The van der Waals surface area contributed by atoms with E-state index in [1.165, 1.54) is 16.8 Å². The topological polar surface area (TPSA) is 96.6 Å². The minimum Gasteiger partial charge on any atom is -0.497 e. The zero-order valence-electron chi connectivity index (χ0n) is 20.3. The Balaban J connectivity index is 1.22. The molecule has 0 atom stereocenters. The predicted molar refractivity (Wildman–Crippen MR) is 146 cm³/mol. The first kappa shape index (κ1) is 24.3. The summed E-state index contributed by atoms with van der Waals surface area (Å²) < 4.78 is 16.6. The van der Waals surface area contributed by atoms with E-state index in [1.54, 1.807) is 13.2 Å². The maximum Gasteiger partial charge on any atom is 0.283 e. The number of rotatable bonds is 8. The van der Waals surface area contributed by atoms with Gasteiger partial charge in [0, 0.05) is 11.6 Å². The van der Waals surface area contributed by atoms with Crippen molar-refractivity contribution in [2.75, 3.05) is 20.3 Å². The van der Waals surface area contributed by atoms with Gasteiger partial charge in [0.05, 0.1) is 12.7 Å². The second-order valence-electron chi connectivity index (χ2n) is 8.19. The number of amidine groups is 2. The summed E-state index contributed by atoms with van der Waals surface area (Å²) in [7, 11) is 1.61. The molecule has 1 amide bonds. The van der Waals surface area contributed by atoms with E-state index in [2.05, 4.69) is 10.1 Å². The molecule has 0 unspecified atom stereocenters. The fourth-order valence-corrected chi connectivity index (χ4v) is 4.73. The standard InChI is InChI=1S/C28H24N4O4S/c1-18-6-3-4-9-23(18)27-31-32-25(29)24(26(33)30-28(32)37-27)16-19-10-12-20(13-11-19)35-14-15-36-22-8-5-7-21(17-22)34-2/h3-13,16-17,29H,14-15H2,1-2H3/b24-16-,29-25?. The van der Waals surface area contributed by atoms with Crippen LogP contribution < -0.4 is 14.2 Å². The average molecular weight is 513 g/mol. The van der Waals surface area contributed by atoms with E-state index >= 15 is 0 Å². The van der Waals surface area contributed by atoms with Crippen LogP contribution in [0.4, 0.5) is 0 Å². The van der Waals surface area contributed by atoms with E-state index in [4.69, 9.17) is 19.6 Å². The highest BCUT2D eigenvalue weighted by Gasteiger charge is 2.36. The Morgan fingerprint density at radius 3 is 2.43 bits per heavy atom. The number of nitrogens with one attached hydrogen (secondary N) is 1. The van der Waals surface area contributed by atoms with Gasteiger partial charge in [-0.2, -0.15) is 15.1 Å². The summed E-state index contributed by atoms with van der Waals surface area (Å²) in [6.45, 7) is 2.75. The number of hydrazone groups is 1. The maximum absolute atomic E-state index is 12.7. The van der Waals surface area contributed by atoms with Crippen molar-refractivity contribution in [2.45, 2.75) is 6.92 Å². The van der Waals surface area contributed by atoms with Crippen molar-refractivity contribution in [1.29, 1.82) is 5.41 Å². The van der Waals surface area contributed by atoms with Crippen LogP contribution in [0.5, 0.6) is 17.2 Å². The number of aliphatic imine (C=N–C) groups is 1. The number of ether oxygens (including phenoxy) is 3. The SMILES string of the molecule is COc1cccc(OCCOc2ccc(/C=C3/C(=N)N4N=C(c5ccccc5C)SC4=NC3=O)cc2)c1. The summed E-state index contributed by atoms with van der Waals surface area (Å²) >= 11 is 1.29. The number of hydrogen-bond acceptors (Lipinski definition) is 7. The molecular formula is C28H24N4O4S. The fraction of sp³-hybridized carbons (Fsp3) is 0.143. The minimum atomic E-state index is -0.458. The number of nitrogens with zero attached hydrogens (tertiary/aromatic N) is 3. The third kappa shape index (κ3) is 5.41. The summed E-state index contributed by atoms with van der Waals surface area (Å²) in [5.41, 5.74) is 2.96. The molecule has 1 N–H and O–H groups in total. The fourth-order valence-electron chi connectivity index (χ4n) is 3.75. The summed E-state index contributed by atoms with van der Waals surface area (Å²) in [5, 5.41) is 15.7. The largest absolute Gasteiger partial charge is 0.497 e. The number of aryl methyl sites for hydroxylation is 1. The molecule has 2 heterocycles. The van der Waals surface area contributed by atoms with E-state index in [-0.39, 0.29) is 11.4 Å². The van der Waals surface area contributed by atoms with E-state index in [0.29, 0.717) is 34.9 Å². The molecule has 0 radical (unpaired) electrons. The van der Waals surface area contributed by atoms with Gasteiger partial charge in [0.25, 0.3) is 5.91 Å². The van der Waals surface area contributed by atoms with Crippen LogP contribution in [0.25, 0.3) is 6.08 Å². The summed E-state index contributed by atoms with van der Waals surface area (Å²) in [6.07, 6.45) is 1.65. The smallest absolute Gasteiger partial charge is 0.283 e. The molecule has 0 aromatic heterocycles. The first-order chi connectivity index (χ1) is 18.0. The van der Waals surface area contributed by atoms with Crippen LogP contribution in [-0.2, 0) is 4.79 Å². The van der Waals surface area contributed by atoms with Crippen LogP contribution in [0.15, 0.2) is 88.5 Å². The third-order valence-corrected chi connectivity index (χ3v) is 6.62. The van der Waals surface area contributed by atoms with Gasteiger partial charge in [-0.05, 0) is 60.2 Å². The van der Waals surface area contributed by atoms with E-state index < -0.39 is 5.91 Å². The van der Waals surface area contributed by atoms with Gasteiger partial charge < -0.3 is 14.2 Å². The first-order valence-corrected chi connectivity index (χ1v) is 12.4. The van der Waals surface area contributed by atoms with E-state index in [1.807, 2.05) is 79.7 Å². The molecule has 0 bridgehead atoms. The van der Waals surface area contributed by atoms with Gasteiger partial charge in [-0.25, -0.2) is 0 Å². The summed E-state index contributed by atoms with van der Waals surface area (Å²) in [6, 6.07) is 22.5. The zero-order valence-corrected chi connectivity index (χ0v) is 21.1. The first-order valence-electron chi connectivity index (χ1n) is 11.6. The van der Waals surface area contributed by atoms with Crippen LogP contribution >= 0.6 is 11.8 Å². The molecule has 9 heteroatoms. The number of benzene rings is 3. The molecule has 0 saturated heterocycles. The lowest BCUT2D eigenvalue weighted by atomic mass is 10.1. The number of hydrogen-bond donors (Lipinski definition) is 1. The number of methoxy groups -OCH3 is 1. The normalized spacial score (nSPS) is 15.8. The van der Waals surface area contributed by atoms with Crippen molar-refractivity contribution in [3.05, 3.63) is 95.1 Å². The molecule has 37 heavy (non-hydrogen) atoms. The minimum absolute atomic E-state index is 0.00102. The molecule has 2 aliphatic heterocycles. The highest BCUT2D eigenvalue weighted by molar-refractivity contribution is 8.27. The average Bonchev–Trinajstić information content (AvgIpc) is 3.34. The second kappa shape index (κ2) is 10.7. The van der Waals surface area contributed by atoms with Crippen LogP contribution in [0.3, 0.4) is 0 Å². The molecule has 3 aromatic carbocycles. The Bertz CT molecular complexity index is 1450. The van der Waals surface area contributed by atoms with Crippen molar-refractivity contribution < 1.29 is 19.0 Å². The molecule has 0 aliphatic carbocycles. The maximum atomic E-state index is 12.7. The molecule has 186 valence electrons. The highest BCUT2D eigenvalue weighted by Crippen LogP contribution is 2.32. The Labute approximate surface area is 218 Å². The molecule has 8 nitrogen and oxygen atoms in total. The number of fused-ring (bicyclic) bond motifs is 1. The van der Waals surface area contributed by atoms with Gasteiger partial charge >= 0.3 is 0 Å². The molecule has 5 rings (SSSR count). The monoisotopic (exact) mass is 512 g/mol. The van der Waals surface area contributed by atoms with Gasteiger partial charge in [-0.1, -0.05) is 42.5 Å². The van der Waals surface area contributed by atoms with Gasteiger partial charge in [-0.15, -0.1) is 0 Å². The van der Waals surface area contributed by atoms with Crippen molar-refractivity contribution >= 4 is 39.8 Å². The van der Waals surface area contributed by atoms with Gasteiger partial charge in [0.1, 0.15) is 35.5 Å². The van der Waals surface area contributed by atoms with E-state index in [0.717, 1.165) is 22.4 Å². The number of thioether (sulfide) groups is 1. The van der Waals surface area contributed by atoms with Crippen molar-refractivity contribution in [1.82, 2.24) is 5.01 Å². The molecular weight excluding hydrogens is 488 g/mol. The Kier molecular flexibility index (Phi) is 7.04. The molecule has 0 saturated carbocycles. The zero-order chi connectivity index (χ0) is 25.8. The third-order valence-electron chi connectivity index (χ3n) is 5.68. The van der Waals surface area contributed by atoms with Crippen molar-refractivity contribution in [2.24, 2.45) is 10.1 Å². The number of carbonyl (C=O) groups excluding carboxylic acids is 1. The van der Waals surface area contributed by atoms with Crippen LogP contribution in [0, 0.1) is 12.3 Å². The van der Waals surface area contributed by atoms with Crippen LogP contribution in [-0.4, -0.2) is 47.3 Å². The molecule has 3 aromatic rings. The van der Waals surface area contributed by atoms with Crippen molar-refractivity contribution in [3.63, 3.8) is 0 Å². The number of amides is 1. The highest BCUT2D eigenvalue weighted by atomic mass is 32.2. The molecule has 0 spiro atoms. The summed E-state index contributed by atoms with van der Waals surface area (Å²) in [5.74, 6) is 1.66. The lowest BCUT2D eigenvalue weighted by Gasteiger charge is -2.20.